The molecule has 3 aromatic rings. The molecule has 158 valence electrons. The number of hydrogen-bond acceptors (Lipinski definition) is 6. The average Bonchev–Trinajstić information content (AvgIpc) is 2.83. The minimum atomic E-state index is -0.558. The molecular formula is C24H23N3O4. The lowest BCUT2D eigenvalue weighted by Crippen LogP contribution is -2.36. The number of carbonyl (C=O) groups excluding carboxylic acids is 2. The highest BCUT2D eigenvalue weighted by Gasteiger charge is 2.15. The lowest BCUT2D eigenvalue weighted by Gasteiger charge is -2.30. The van der Waals surface area contributed by atoms with E-state index >= 15 is 0 Å². The van der Waals surface area contributed by atoms with Gasteiger partial charge in [-0.05, 0) is 48.6 Å². The Morgan fingerprint density at radius 1 is 1.10 bits per heavy atom. The molecule has 1 aliphatic heterocycles. The molecule has 1 N–H and O–H groups in total. The molecule has 1 amide bonds. The molecule has 0 atom stereocenters. The van der Waals surface area contributed by atoms with Crippen LogP contribution in [0, 0.1) is 0 Å². The Kier molecular flexibility index (Phi) is 6.24. The molecule has 0 saturated carbocycles. The summed E-state index contributed by atoms with van der Waals surface area (Å²) in [6.45, 7) is 3.03. The van der Waals surface area contributed by atoms with Gasteiger partial charge in [-0.1, -0.05) is 18.2 Å². The average molecular weight is 417 g/mol. The molecule has 1 aromatic heterocycles. The summed E-state index contributed by atoms with van der Waals surface area (Å²) < 4.78 is 10.0. The van der Waals surface area contributed by atoms with E-state index in [0.717, 1.165) is 35.4 Å². The van der Waals surface area contributed by atoms with Gasteiger partial charge in [-0.2, -0.15) is 0 Å². The number of rotatable bonds is 5. The maximum atomic E-state index is 12.6. The number of carbonyl (C=O) groups is 2. The van der Waals surface area contributed by atoms with Crippen molar-refractivity contribution in [3.8, 4) is 0 Å². The molecular weight excluding hydrogens is 394 g/mol. The fourth-order valence-electron chi connectivity index (χ4n) is 3.47. The first-order valence-corrected chi connectivity index (χ1v) is 10.0. The lowest BCUT2D eigenvalue weighted by molar-refractivity contribution is 0.104. The van der Waals surface area contributed by atoms with Crippen LogP contribution in [0.15, 0.2) is 60.7 Å². The molecule has 2 aromatic carbocycles. The van der Waals surface area contributed by atoms with Crippen molar-refractivity contribution < 1.29 is 19.1 Å². The number of nitrogens with zero attached hydrogens (tertiary/aromatic N) is 2. The van der Waals surface area contributed by atoms with Crippen molar-refractivity contribution in [2.24, 2.45) is 0 Å². The van der Waals surface area contributed by atoms with Gasteiger partial charge in [0.05, 0.1) is 31.5 Å². The van der Waals surface area contributed by atoms with Crippen molar-refractivity contribution in [2.45, 2.75) is 0 Å². The first-order chi connectivity index (χ1) is 15.1. The number of hydrogen-bond donors (Lipinski definition) is 1. The summed E-state index contributed by atoms with van der Waals surface area (Å²) in [5, 5.41) is 3.64. The van der Waals surface area contributed by atoms with Crippen molar-refractivity contribution in [2.75, 3.05) is 43.6 Å². The molecule has 0 aliphatic carbocycles. The predicted octanol–water partition coefficient (Wildman–Crippen LogP) is 4.15. The van der Waals surface area contributed by atoms with E-state index in [1.807, 2.05) is 24.3 Å². The molecule has 1 aliphatic rings. The number of fused-ring (bicyclic) bond motifs is 1. The van der Waals surface area contributed by atoms with Crippen LogP contribution in [0.4, 0.5) is 16.2 Å². The van der Waals surface area contributed by atoms with Crippen LogP contribution in [-0.2, 0) is 9.47 Å². The molecule has 4 rings (SSSR count). The molecule has 2 heterocycles. The third-order valence-electron chi connectivity index (χ3n) is 5.07. The highest BCUT2D eigenvalue weighted by atomic mass is 16.5. The number of nitrogens with one attached hydrogen (secondary N) is 1. The maximum Gasteiger partial charge on any atom is 0.411 e. The summed E-state index contributed by atoms with van der Waals surface area (Å²) in [5.74, 6) is -0.146. The molecule has 0 unspecified atom stereocenters. The number of ketones is 1. The van der Waals surface area contributed by atoms with Crippen molar-refractivity contribution in [3.63, 3.8) is 0 Å². The van der Waals surface area contributed by atoms with Gasteiger partial charge in [0.2, 0.25) is 0 Å². The quantitative estimate of drug-likeness (QED) is 0.496. The molecule has 0 spiro atoms. The summed E-state index contributed by atoms with van der Waals surface area (Å²) in [6.07, 6.45) is 2.69. The van der Waals surface area contributed by atoms with Crippen LogP contribution >= 0.6 is 0 Å². The topological polar surface area (TPSA) is 80.8 Å². The minimum Gasteiger partial charge on any atom is -0.453 e. The molecule has 0 radical (unpaired) electrons. The van der Waals surface area contributed by atoms with E-state index in [2.05, 4.69) is 21.0 Å². The van der Waals surface area contributed by atoms with E-state index in [1.54, 1.807) is 30.3 Å². The van der Waals surface area contributed by atoms with Crippen LogP contribution in [0.5, 0.6) is 0 Å². The van der Waals surface area contributed by atoms with Gasteiger partial charge in [0.15, 0.2) is 5.78 Å². The van der Waals surface area contributed by atoms with Gasteiger partial charge in [0.25, 0.3) is 0 Å². The standard InChI is InChI=1S/C24H23N3O4/c1-30-24(29)26-18-8-6-17(7-9-18)23(28)11-10-19-16-22(27-12-14-31-15-13-27)20-4-2-3-5-21(20)25-19/h2-11,16H,12-15H2,1H3,(H,26,29). The summed E-state index contributed by atoms with van der Waals surface area (Å²) in [4.78, 5) is 30.9. The van der Waals surface area contributed by atoms with E-state index < -0.39 is 6.09 Å². The zero-order chi connectivity index (χ0) is 21.6. The molecule has 7 heteroatoms. The summed E-state index contributed by atoms with van der Waals surface area (Å²) in [7, 11) is 1.29. The number of morpholine rings is 1. The second-order valence-corrected chi connectivity index (χ2v) is 7.07. The number of pyridine rings is 1. The number of anilines is 2. The molecule has 7 nitrogen and oxygen atoms in total. The van der Waals surface area contributed by atoms with Gasteiger partial charge in [-0.25, -0.2) is 9.78 Å². The fraction of sp³-hybridized carbons (Fsp3) is 0.208. The second-order valence-electron chi connectivity index (χ2n) is 7.07. The van der Waals surface area contributed by atoms with E-state index in [-0.39, 0.29) is 5.78 Å². The van der Waals surface area contributed by atoms with E-state index in [0.29, 0.717) is 24.5 Å². The Hall–Kier alpha value is -3.71. The van der Waals surface area contributed by atoms with Crippen LogP contribution in [-0.4, -0.2) is 50.3 Å². The molecule has 1 saturated heterocycles. The smallest absolute Gasteiger partial charge is 0.411 e. The molecule has 1 fully saturated rings. The zero-order valence-electron chi connectivity index (χ0n) is 17.2. The third-order valence-corrected chi connectivity index (χ3v) is 5.07. The van der Waals surface area contributed by atoms with Gasteiger partial charge < -0.3 is 14.4 Å². The Morgan fingerprint density at radius 3 is 2.58 bits per heavy atom. The predicted molar refractivity (Wildman–Crippen MR) is 121 cm³/mol. The number of allylic oxidation sites excluding steroid dienone is 1. The number of benzene rings is 2. The van der Waals surface area contributed by atoms with Crippen molar-refractivity contribution in [1.29, 1.82) is 0 Å². The summed E-state index contributed by atoms with van der Waals surface area (Å²) >= 11 is 0. The number of aromatic nitrogens is 1. The zero-order valence-corrected chi connectivity index (χ0v) is 17.2. The van der Waals surface area contributed by atoms with Crippen LogP contribution in [0.25, 0.3) is 17.0 Å². The van der Waals surface area contributed by atoms with Gasteiger partial charge in [-0.15, -0.1) is 0 Å². The number of para-hydroxylation sites is 1. The van der Waals surface area contributed by atoms with Gasteiger partial charge >= 0.3 is 6.09 Å². The monoisotopic (exact) mass is 417 g/mol. The SMILES string of the molecule is COC(=O)Nc1ccc(C(=O)C=Cc2cc(N3CCOCC3)c3ccccc3n2)cc1. The Morgan fingerprint density at radius 2 is 1.84 bits per heavy atom. The first kappa shape index (κ1) is 20.6. The normalized spacial score (nSPS) is 14.0. The summed E-state index contributed by atoms with van der Waals surface area (Å²) in [6, 6.07) is 16.6. The van der Waals surface area contributed by atoms with Gasteiger partial charge in [0, 0.05) is 35.4 Å². The second kappa shape index (κ2) is 9.40. The van der Waals surface area contributed by atoms with E-state index in [4.69, 9.17) is 9.72 Å². The van der Waals surface area contributed by atoms with Crippen LogP contribution in [0.1, 0.15) is 16.1 Å². The minimum absolute atomic E-state index is 0.146. The first-order valence-electron chi connectivity index (χ1n) is 10.0. The van der Waals surface area contributed by atoms with E-state index in [9.17, 15) is 9.59 Å². The van der Waals surface area contributed by atoms with Gasteiger partial charge in [-0.3, -0.25) is 10.1 Å². The maximum absolute atomic E-state index is 12.6. The lowest BCUT2D eigenvalue weighted by atomic mass is 10.1. The Labute approximate surface area is 180 Å². The van der Waals surface area contributed by atoms with Crippen molar-refractivity contribution in [3.05, 3.63) is 71.9 Å². The number of ether oxygens (including phenoxy) is 2. The van der Waals surface area contributed by atoms with Crippen LogP contribution in [0.2, 0.25) is 0 Å². The largest absolute Gasteiger partial charge is 0.453 e. The van der Waals surface area contributed by atoms with Crippen LogP contribution < -0.4 is 10.2 Å². The molecule has 31 heavy (non-hydrogen) atoms. The Bertz CT molecular complexity index is 1120. The van der Waals surface area contributed by atoms with Gasteiger partial charge in [0.1, 0.15) is 0 Å². The molecule has 0 bridgehead atoms. The van der Waals surface area contributed by atoms with E-state index in [1.165, 1.54) is 13.2 Å². The third kappa shape index (κ3) is 4.90. The number of methoxy groups -OCH3 is 1. The van der Waals surface area contributed by atoms with Crippen molar-refractivity contribution in [1.82, 2.24) is 4.98 Å². The number of amides is 1. The van der Waals surface area contributed by atoms with Crippen LogP contribution in [0.3, 0.4) is 0 Å². The summed E-state index contributed by atoms with van der Waals surface area (Å²) in [5.41, 5.74) is 3.77. The fourth-order valence-corrected chi connectivity index (χ4v) is 3.47. The van der Waals surface area contributed by atoms with Crippen molar-refractivity contribution >= 4 is 40.2 Å². The highest BCUT2D eigenvalue weighted by Crippen LogP contribution is 2.28. The highest BCUT2D eigenvalue weighted by molar-refractivity contribution is 6.07. The Balaban J connectivity index is 1.56.